The van der Waals surface area contributed by atoms with E-state index in [1.807, 2.05) is 54.2 Å². The van der Waals surface area contributed by atoms with Crippen molar-refractivity contribution in [2.75, 3.05) is 5.32 Å². The Morgan fingerprint density at radius 2 is 1.45 bits per heavy atom. The number of hydrogen-bond acceptors (Lipinski definition) is 8. The summed E-state index contributed by atoms with van der Waals surface area (Å²) in [5, 5.41) is 12.5. The molecule has 0 radical (unpaired) electrons. The van der Waals surface area contributed by atoms with Crippen molar-refractivity contribution in [2.45, 2.75) is 72.6 Å². The Kier molecular flexibility index (Phi) is 9.28. The number of carbonyl (C=O) groups is 4. The molecule has 1 aliphatic rings. The molecule has 0 atom stereocenters. The van der Waals surface area contributed by atoms with Crippen LogP contribution in [0.5, 0.6) is 0 Å². The van der Waals surface area contributed by atoms with Gasteiger partial charge in [-0.2, -0.15) is 10.2 Å². The minimum Gasteiger partial charge on any atom is -0.366 e. The number of anilines is 1. The van der Waals surface area contributed by atoms with Crippen LogP contribution >= 0.6 is 0 Å². The number of nitrogens with zero attached hydrogens (tertiary/aromatic N) is 8. The fraction of sp³-hybridized carbons (Fsp3) is 0.268. The number of Topliss-reactive ketones (excluding diaryl/α,β-unsaturated/α-hetero) is 1. The first-order chi connectivity index (χ1) is 27.0. The zero-order valence-corrected chi connectivity index (χ0v) is 31.4. The summed E-state index contributed by atoms with van der Waals surface area (Å²) in [5.74, 6) is -0.742. The smallest absolute Gasteiger partial charge is 0.276 e. The Hall–Kier alpha value is -6.90. The van der Waals surface area contributed by atoms with Gasteiger partial charge in [-0.15, -0.1) is 0 Å². The number of hydrogen-bond donors (Lipinski definition) is 3. The summed E-state index contributed by atoms with van der Waals surface area (Å²) in [5.41, 5.74) is 19.5. The van der Waals surface area contributed by atoms with E-state index in [9.17, 15) is 19.2 Å². The van der Waals surface area contributed by atoms with Gasteiger partial charge in [0, 0.05) is 42.7 Å². The Labute approximate surface area is 321 Å². The molecule has 284 valence electrons. The predicted octanol–water partition coefficient (Wildman–Crippen LogP) is 4.72. The first-order valence-electron chi connectivity index (χ1n) is 18.6. The number of imidazole rings is 2. The Morgan fingerprint density at radius 1 is 0.786 bits per heavy atom. The minimum atomic E-state index is -0.577. The molecule has 4 aromatic heterocycles. The topological polar surface area (TPSA) is 204 Å². The molecule has 3 amide bonds. The summed E-state index contributed by atoms with van der Waals surface area (Å²) in [4.78, 5) is 62.2. The van der Waals surface area contributed by atoms with Crippen LogP contribution in [0, 0.1) is 13.8 Å². The fourth-order valence-electron chi connectivity index (χ4n) is 7.68. The highest BCUT2D eigenvalue weighted by molar-refractivity contribution is 6.05. The van der Waals surface area contributed by atoms with Gasteiger partial charge in [0.2, 0.25) is 17.8 Å². The van der Waals surface area contributed by atoms with Gasteiger partial charge >= 0.3 is 0 Å². The van der Waals surface area contributed by atoms with E-state index in [0.717, 1.165) is 33.4 Å². The van der Waals surface area contributed by atoms with Crippen molar-refractivity contribution in [1.82, 2.24) is 38.7 Å². The van der Waals surface area contributed by atoms with Gasteiger partial charge in [0.1, 0.15) is 17.2 Å². The quantitative estimate of drug-likeness (QED) is 0.230. The maximum Gasteiger partial charge on any atom is 0.276 e. The van der Waals surface area contributed by atoms with Gasteiger partial charge in [-0.3, -0.25) is 33.9 Å². The van der Waals surface area contributed by atoms with E-state index >= 15 is 0 Å². The Morgan fingerprint density at radius 3 is 2.14 bits per heavy atom. The molecule has 0 fully saturated rings. The van der Waals surface area contributed by atoms with Crippen LogP contribution in [-0.4, -0.2) is 62.2 Å². The summed E-state index contributed by atoms with van der Waals surface area (Å²) >= 11 is 0. The fourth-order valence-corrected chi connectivity index (χ4v) is 7.68. The number of fused-ring (bicyclic) bond motifs is 10. The second-order valence-corrected chi connectivity index (χ2v) is 14.2. The van der Waals surface area contributed by atoms with Crippen LogP contribution in [0.4, 0.5) is 5.95 Å². The van der Waals surface area contributed by atoms with Crippen molar-refractivity contribution in [3.05, 3.63) is 123 Å². The van der Waals surface area contributed by atoms with Gasteiger partial charge in [-0.1, -0.05) is 24.3 Å². The van der Waals surface area contributed by atoms with Crippen molar-refractivity contribution in [3.8, 4) is 0 Å². The van der Waals surface area contributed by atoms with Crippen molar-refractivity contribution in [1.29, 1.82) is 0 Å². The highest BCUT2D eigenvalue weighted by Gasteiger charge is 2.25. The number of aromatic nitrogens is 8. The van der Waals surface area contributed by atoms with Crippen LogP contribution in [-0.2, 0) is 39.0 Å². The summed E-state index contributed by atoms with van der Waals surface area (Å²) in [7, 11) is 0. The lowest BCUT2D eigenvalue weighted by Crippen LogP contribution is -2.21. The SMILES string of the molecule is CCn1nc(C)c2c1C(=O)Nc1nc3cc(C(N)=O)ccc3n1CCCCn1c(nc3cc(C(N)=O)ccc31)CC(=O)c1cc(C)nn1Cc1cccc(c1)C2. The molecule has 5 heterocycles. The van der Waals surface area contributed by atoms with Crippen molar-refractivity contribution in [2.24, 2.45) is 11.5 Å². The van der Waals surface area contributed by atoms with E-state index in [2.05, 4.69) is 11.4 Å². The number of amides is 3. The Bertz CT molecular complexity index is 2730. The molecular weight excluding hydrogens is 711 g/mol. The lowest BCUT2D eigenvalue weighted by molar-refractivity contribution is 0.0975. The summed E-state index contributed by atoms with van der Waals surface area (Å²) in [6.45, 7) is 7.52. The summed E-state index contributed by atoms with van der Waals surface area (Å²) < 4.78 is 7.39. The number of primary amides is 2. The molecule has 8 rings (SSSR count). The van der Waals surface area contributed by atoms with Crippen LogP contribution in [0.15, 0.2) is 66.7 Å². The molecule has 1 aliphatic heterocycles. The maximum atomic E-state index is 14.3. The number of benzene rings is 3. The largest absolute Gasteiger partial charge is 0.366 e. The van der Waals surface area contributed by atoms with Gasteiger partial charge in [0.25, 0.3) is 5.91 Å². The third-order valence-electron chi connectivity index (χ3n) is 10.4. The van der Waals surface area contributed by atoms with Gasteiger partial charge in [0.15, 0.2) is 5.78 Å². The number of aryl methyl sites for hydroxylation is 5. The predicted molar refractivity (Wildman–Crippen MR) is 210 cm³/mol. The molecule has 0 saturated heterocycles. The van der Waals surface area contributed by atoms with Crippen molar-refractivity contribution < 1.29 is 19.2 Å². The normalized spacial score (nSPS) is 14.1. The lowest BCUT2D eigenvalue weighted by atomic mass is 10.0. The molecule has 0 saturated carbocycles. The van der Waals surface area contributed by atoms with Gasteiger partial charge in [-0.25, -0.2) is 9.97 Å². The molecule has 7 aromatic rings. The molecule has 15 heteroatoms. The third-order valence-corrected chi connectivity index (χ3v) is 10.4. The van der Waals surface area contributed by atoms with Crippen LogP contribution in [0.3, 0.4) is 0 Å². The highest BCUT2D eigenvalue weighted by Crippen LogP contribution is 2.27. The maximum absolute atomic E-state index is 14.3. The molecule has 5 N–H and O–H groups in total. The first kappa shape index (κ1) is 36.1. The van der Waals surface area contributed by atoms with E-state index in [1.165, 1.54) is 0 Å². The molecule has 0 aliphatic carbocycles. The van der Waals surface area contributed by atoms with Crippen molar-refractivity contribution >= 4 is 51.5 Å². The van der Waals surface area contributed by atoms with Gasteiger partial charge in [-0.05, 0) is 87.2 Å². The standard InChI is InChI=1S/C41H41N11O4/c1-4-51-37-29(24(3)48-51)18-25-8-7-9-26(17-25)22-52-34(16-23(2)47-52)35(53)21-36-44-30-19-27(38(42)54)10-12-32(30)49(36)14-5-6-15-50-33-13-11-28(39(43)55)20-31(33)45-41(50)46-40(37)56/h7-13,16-17,19-20H,4-6,14-15,18,21-22H2,1-3H3,(H2,42,54)(H2,43,55)(H,45,46,56). The van der Waals surface area contributed by atoms with Crippen LogP contribution in [0.2, 0.25) is 0 Å². The van der Waals surface area contributed by atoms with Crippen LogP contribution < -0.4 is 16.8 Å². The van der Waals surface area contributed by atoms with E-state index in [1.54, 1.807) is 45.8 Å². The molecule has 0 unspecified atom stereocenters. The third kappa shape index (κ3) is 6.71. The van der Waals surface area contributed by atoms with Crippen LogP contribution in [0.25, 0.3) is 22.1 Å². The number of nitrogens with one attached hydrogen (secondary N) is 1. The second kappa shape index (κ2) is 14.4. The van der Waals surface area contributed by atoms with Crippen molar-refractivity contribution in [3.63, 3.8) is 0 Å². The number of carbonyl (C=O) groups excluding carboxylic acids is 4. The molecular formula is C41H41N11O4. The molecule has 15 nitrogen and oxygen atoms in total. The Balaban J connectivity index is 1.24. The average molecular weight is 752 g/mol. The van der Waals surface area contributed by atoms with E-state index in [4.69, 9.17) is 31.6 Å². The number of ketones is 1. The highest BCUT2D eigenvalue weighted by atomic mass is 16.2. The number of nitrogens with two attached hydrogens (primary N) is 2. The summed E-state index contributed by atoms with van der Waals surface area (Å²) in [6, 6.07) is 20.0. The zero-order valence-electron chi connectivity index (χ0n) is 31.4. The summed E-state index contributed by atoms with van der Waals surface area (Å²) in [6.07, 6.45) is 1.77. The first-order valence-corrected chi connectivity index (χ1v) is 18.6. The second-order valence-electron chi connectivity index (χ2n) is 14.2. The van der Waals surface area contributed by atoms with E-state index < -0.39 is 11.8 Å². The molecule has 0 spiro atoms. The van der Waals surface area contributed by atoms with Gasteiger partial charge < -0.3 is 20.6 Å². The number of rotatable bonds is 3. The lowest BCUT2D eigenvalue weighted by Gasteiger charge is -2.13. The zero-order chi connectivity index (χ0) is 39.2. The van der Waals surface area contributed by atoms with Crippen LogP contribution in [0.1, 0.15) is 95.4 Å². The monoisotopic (exact) mass is 751 g/mol. The molecule has 56 heavy (non-hydrogen) atoms. The minimum absolute atomic E-state index is 0.0137. The van der Waals surface area contributed by atoms with Gasteiger partial charge in [0.05, 0.1) is 46.4 Å². The van der Waals surface area contributed by atoms with E-state index in [0.29, 0.717) is 96.5 Å². The molecule has 2 bridgehead atoms. The average Bonchev–Trinajstić information content (AvgIpc) is 3.90. The van der Waals surface area contributed by atoms with E-state index in [-0.39, 0.29) is 18.1 Å². The molecule has 3 aromatic carbocycles.